The average Bonchev–Trinajstić information content (AvgIpc) is 3.10. The highest BCUT2D eigenvalue weighted by Gasteiger charge is 2.17. The Labute approximate surface area is 170 Å². The van der Waals surface area contributed by atoms with Crippen LogP contribution in [0.2, 0.25) is 5.02 Å². The molecule has 0 spiro atoms. The summed E-state index contributed by atoms with van der Waals surface area (Å²) in [7, 11) is 0. The first-order valence-electron chi connectivity index (χ1n) is 9.45. The van der Waals surface area contributed by atoms with E-state index in [4.69, 9.17) is 22.2 Å². The Morgan fingerprint density at radius 1 is 0.964 bits per heavy atom. The molecule has 0 radical (unpaired) electrons. The van der Waals surface area contributed by atoms with E-state index in [0.717, 1.165) is 44.0 Å². The van der Waals surface area contributed by atoms with E-state index in [1.54, 1.807) is 0 Å². The first-order valence-corrected chi connectivity index (χ1v) is 9.83. The molecule has 0 saturated carbocycles. The van der Waals surface area contributed by atoms with Gasteiger partial charge in [0.15, 0.2) is 0 Å². The van der Waals surface area contributed by atoms with Crippen LogP contribution in [0.3, 0.4) is 0 Å². The molecule has 7 heteroatoms. The molecule has 4 rings (SSSR count). The summed E-state index contributed by atoms with van der Waals surface area (Å²) in [5.41, 5.74) is 3.02. The molecule has 28 heavy (non-hydrogen) atoms. The molecule has 1 aliphatic heterocycles. The van der Waals surface area contributed by atoms with Gasteiger partial charge in [-0.25, -0.2) is 0 Å². The lowest BCUT2D eigenvalue weighted by atomic mass is 10.2. The number of rotatable bonds is 6. The van der Waals surface area contributed by atoms with Gasteiger partial charge < -0.3 is 15.5 Å². The van der Waals surface area contributed by atoms with Crippen molar-refractivity contribution in [2.75, 3.05) is 50.1 Å². The fraction of sp³-hybridized carbons (Fsp3) is 0.286. The fourth-order valence-electron chi connectivity index (χ4n) is 3.39. The summed E-state index contributed by atoms with van der Waals surface area (Å²) in [4.78, 5) is 6.12. The second-order valence-corrected chi connectivity index (χ2v) is 7.27. The molecule has 1 aromatic heterocycles. The number of benzene rings is 2. The molecule has 2 N–H and O–H groups in total. The number of para-hydroxylation sites is 1. The molecule has 0 unspecified atom stereocenters. The smallest absolute Gasteiger partial charge is 0.232 e. The molecule has 0 atom stereocenters. The third-order valence-electron chi connectivity index (χ3n) is 4.99. The minimum absolute atomic E-state index is 0.563. The summed E-state index contributed by atoms with van der Waals surface area (Å²) in [6, 6.07) is 19.9. The first kappa shape index (κ1) is 18.7. The molecule has 3 aromatic rings. The highest BCUT2D eigenvalue weighted by Crippen LogP contribution is 2.23. The summed E-state index contributed by atoms with van der Waals surface area (Å²) in [5, 5.41) is 5.02. The molecule has 0 aliphatic carbocycles. The number of anilines is 1. The van der Waals surface area contributed by atoms with E-state index in [0.29, 0.717) is 17.5 Å². The number of aromatic nitrogens is 2. The van der Waals surface area contributed by atoms with Gasteiger partial charge in [-0.05, 0) is 24.3 Å². The standard InChI is InChI=1S/C21H24ClN5O/c22-18-8-6-17(7-9-18)20-16-21(27(23)24-20)28-15-14-25-10-12-26(13-11-25)19-4-2-1-3-5-19/h1-9,16H,10-15,23H2. The quantitative estimate of drug-likeness (QED) is 0.647. The maximum atomic E-state index is 5.94. The molecular formula is C21H24ClN5O. The summed E-state index contributed by atoms with van der Waals surface area (Å²) < 4.78 is 5.87. The van der Waals surface area contributed by atoms with Gasteiger partial charge in [-0.3, -0.25) is 4.90 Å². The minimum atomic E-state index is 0.563. The average molecular weight is 398 g/mol. The number of hydrogen-bond acceptors (Lipinski definition) is 5. The van der Waals surface area contributed by atoms with Gasteiger partial charge in [0.2, 0.25) is 5.88 Å². The lowest BCUT2D eigenvalue weighted by molar-refractivity contribution is 0.193. The summed E-state index contributed by atoms with van der Waals surface area (Å²) in [6.07, 6.45) is 0. The SMILES string of the molecule is Nn1nc(-c2ccc(Cl)cc2)cc1OCCN1CCN(c2ccccc2)CC1. The van der Waals surface area contributed by atoms with Gasteiger partial charge >= 0.3 is 0 Å². The fourth-order valence-corrected chi connectivity index (χ4v) is 3.52. The Bertz CT molecular complexity index is 889. The van der Waals surface area contributed by atoms with Gasteiger partial charge in [0.05, 0.1) is 5.69 Å². The van der Waals surface area contributed by atoms with Crippen molar-refractivity contribution in [2.24, 2.45) is 0 Å². The Morgan fingerprint density at radius 3 is 2.39 bits per heavy atom. The predicted molar refractivity (Wildman–Crippen MR) is 113 cm³/mol. The highest BCUT2D eigenvalue weighted by molar-refractivity contribution is 6.30. The lowest BCUT2D eigenvalue weighted by Crippen LogP contribution is -2.47. The number of hydrogen-bond donors (Lipinski definition) is 1. The van der Waals surface area contributed by atoms with E-state index in [-0.39, 0.29) is 0 Å². The van der Waals surface area contributed by atoms with Crippen molar-refractivity contribution >= 4 is 17.3 Å². The Balaban J connectivity index is 1.26. The van der Waals surface area contributed by atoms with Crippen LogP contribution in [-0.2, 0) is 0 Å². The van der Waals surface area contributed by atoms with Crippen LogP contribution in [0.15, 0.2) is 60.7 Å². The van der Waals surface area contributed by atoms with Crippen LogP contribution in [-0.4, -0.2) is 54.1 Å². The summed E-state index contributed by atoms with van der Waals surface area (Å²) in [6.45, 7) is 5.55. The van der Waals surface area contributed by atoms with Gasteiger partial charge in [0.25, 0.3) is 0 Å². The Morgan fingerprint density at radius 2 is 1.68 bits per heavy atom. The number of nitrogens with zero attached hydrogens (tertiary/aromatic N) is 4. The van der Waals surface area contributed by atoms with Gasteiger partial charge in [0, 0.05) is 55.1 Å². The monoisotopic (exact) mass is 397 g/mol. The largest absolute Gasteiger partial charge is 0.475 e. The predicted octanol–water partition coefficient (Wildman–Crippen LogP) is 3.12. The second kappa shape index (κ2) is 8.54. The number of ether oxygens (including phenoxy) is 1. The van der Waals surface area contributed by atoms with E-state index in [9.17, 15) is 0 Å². The van der Waals surface area contributed by atoms with Crippen LogP contribution in [0.5, 0.6) is 5.88 Å². The van der Waals surface area contributed by atoms with Gasteiger partial charge in [0.1, 0.15) is 6.61 Å². The number of nitrogens with two attached hydrogens (primary N) is 1. The van der Waals surface area contributed by atoms with Crippen LogP contribution >= 0.6 is 11.6 Å². The lowest BCUT2D eigenvalue weighted by Gasteiger charge is -2.36. The van der Waals surface area contributed by atoms with Gasteiger partial charge in [-0.15, -0.1) is 9.89 Å². The van der Waals surface area contributed by atoms with Crippen LogP contribution in [0, 0.1) is 0 Å². The molecule has 1 saturated heterocycles. The Hall–Kier alpha value is -2.70. The molecular weight excluding hydrogens is 374 g/mol. The van der Waals surface area contributed by atoms with Crippen molar-refractivity contribution in [3.8, 4) is 17.1 Å². The molecule has 1 fully saturated rings. The van der Waals surface area contributed by atoms with E-state index >= 15 is 0 Å². The molecule has 2 aromatic carbocycles. The van der Waals surface area contributed by atoms with Crippen LogP contribution in [0.25, 0.3) is 11.3 Å². The van der Waals surface area contributed by atoms with Gasteiger partial charge in [-0.2, -0.15) is 0 Å². The normalized spacial score (nSPS) is 15.0. The molecule has 0 amide bonds. The zero-order valence-corrected chi connectivity index (χ0v) is 16.4. The van der Waals surface area contributed by atoms with Crippen LogP contribution in [0.1, 0.15) is 0 Å². The summed E-state index contributed by atoms with van der Waals surface area (Å²) in [5.74, 6) is 6.51. The number of piperazine rings is 1. The third-order valence-corrected chi connectivity index (χ3v) is 5.24. The maximum Gasteiger partial charge on any atom is 0.232 e. The Kier molecular flexibility index (Phi) is 5.69. The number of nitrogen functional groups attached to an aromatic ring is 1. The van der Waals surface area contributed by atoms with Crippen molar-refractivity contribution < 1.29 is 4.74 Å². The molecule has 2 heterocycles. The first-order chi connectivity index (χ1) is 13.7. The minimum Gasteiger partial charge on any atom is -0.475 e. The zero-order valence-electron chi connectivity index (χ0n) is 15.7. The molecule has 146 valence electrons. The number of halogens is 1. The maximum absolute atomic E-state index is 5.94. The third kappa shape index (κ3) is 4.40. The highest BCUT2D eigenvalue weighted by atomic mass is 35.5. The van der Waals surface area contributed by atoms with Crippen LogP contribution < -0.4 is 15.5 Å². The topological polar surface area (TPSA) is 59.6 Å². The molecule has 1 aliphatic rings. The van der Waals surface area contributed by atoms with E-state index in [2.05, 4.69) is 45.2 Å². The summed E-state index contributed by atoms with van der Waals surface area (Å²) >= 11 is 5.94. The molecule has 6 nitrogen and oxygen atoms in total. The van der Waals surface area contributed by atoms with Crippen molar-refractivity contribution in [2.45, 2.75) is 0 Å². The molecule has 0 bridgehead atoms. The van der Waals surface area contributed by atoms with E-state index in [1.165, 1.54) is 10.5 Å². The van der Waals surface area contributed by atoms with Crippen molar-refractivity contribution in [1.29, 1.82) is 0 Å². The zero-order chi connectivity index (χ0) is 19.3. The van der Waals surface area contributed by atoms with E-state index < -0.39 is 0 Å². The second-order valence-electron chi connectivity index (χ2n) is 6.83. The van der Waals surface area contributed by atoms with Crippen LogP contribution in [0.4, 0.5) is 5.69 Å². The van der Waals surface area contributed by atoms with E-state index in [1.807, 2.05) is 30.3 Å². The van der Waals surface area contributed by atoms with Crippen molar-refractivity contribution in [3.05, 3.63) is 65.7 Å². The van der Waals surface area contributed by atoms with Gasteiger partial charge in [-0.1, -0.05) is 41.9 Å². The van der Waals surface area contributed by atoms with Crippen molar-refractivity contribution in [1.82, 2.24) is 14.8 Å². The van der Waals surface area contributed by atoms with Crippen molar-refractivity contribution in [3.63, 3.8) is 0 Å².